The summed E-state index contributed by atoms with van der Waals surface area (Å²) < 4.78 is 43.2. The molecular weight excluding hydrogens is 247 g/mol. The quantitative estimate of drug-likeness (QED) is 0.886. The Balaban J connectivity index is 3.06. The van der Waals surface area contributed by atoms with Gasteiger partial charge in [0.2, 0.25) is 11.8 Å². The molecule has 4 nitrogen and oxygen atoms in total. The zero-order valence-electron chi connectivity index (χ0n) is 10.5. The number of hydrogen-bond donors (Lipinski definition) is 1. The number of alkyl halides is 3. The molecule has 1 unspecified atom stereocenters. The van der Waals surface area contributed by atoms with Crippen LogP contribution in [0.15, 0.2) is 6.07 Å². The molecule has 7 heteroatoms. The van der Waals surface area contributed by atoms with Gasteiger partial charge in [-0.3, -0.25) is 0 Å². The molecule has 1 heterocycles. The van der Waals surface area contributed by atoms with E-state index in [1.54, 1.807) is 13.8 Å². The average molecular weight is 263 g/mol. The van der Waals surface area contributed by atoms with E-state index >= 15 is 0 Å². The first kappa shape index (κ1) is 14.5. The fourth-order valence-corrected chi connectivity index (χ4v) is 1.16. The number of halogens is 3. The van der Waals surface area contributed by atoms with Gasteiger partial charge in [0, 0.05) is 12.6 Å². The van der Waals surface area contributed by atoms with Crippen molar-refractivity contribution in [3.8, 4) is 5.88 Å². The summed E-state index contributed by atoms with van der Waals surface area (Å²) in [5.41, 5.74) is -1.01. The second-order valence-corrected chi connectivity index (χ2v) is 3.78. The van der Waals surface area contributed by atoms with Gasteiger partial charge in [-0.15, -0.1) is 0 Å². The van der Waals surface area contributed by atoms with E-state index in [2.05, 4.69) is 15.3 Å². The Morgan fingerprint density at radius 3 is 2.50 bits per heavy atom. The number of anilines is 1. The van der Waals surface area contributed by atoms with Gasteiger partial charge in [0.15, 0.2) is 5.69 Å². The van der Waals surface area contributed by atoms with Gasteiger partial charge in [-0.2, -0.15) is 18.2 Å². The lowest BCUT2D eigenvalue weighted by molar-refractivity contribution is -0.141. The van der Waals surface area contributed by atoms with Crippen LogP contribution in [0, 0.1) is 0 Å². The summed E-state index contributed by atoms with van der Waals surface area (Å²) in [6.07, 6.45) is -4.03. The van der Waals surface area contributed by atoms with Gasteiger partial charge in [-0.25, -0.2) is 4.98 Å². The minimum absolute atomic E-state index is 0.0670. The van der Waals surface area contributed by atoms with Gasteiger partial charge in [0.1, 0.15) is 0 Å². The Labute approximate surface area is 104 Å². The predicted molar refractivity (Wildman–Crippen MR) is 61.6 cm³/mol. The van der Waals surface area contributed by atoms with E-state index in [4.69, 9.17) is 4.74 Å². The Bertz CT molecular complexity index is 396. The molecule has 0 spiro atoms. The summed E-state index contributed by atoms with van der Waals surface area (Å²) >= 11 is 0. The third-order valence-electron chi connectivity index (χ3n) is 2.22. The highest BCUT2D eigenvalue weighted by Gasteiger charge is 2.34. The monoisotopic (exact) mass is 263 g/mol. The maximum absolute atomic E-state index is 12.6. The van der Waals surface area contributed by atoms with Gasteiger partial charge in [0.05, 0.1) is 6.10 Å². The molecule has 0 fully saturated rings. The topological polar surface area (TPSA) is 47.0 Å². The Hall–Kier alpha value is -1.53. The van der Waals surface area contributed by atoms with E-state index in [1.807, 2.05) is 6.92 Å². The van der Waals surface area contributed by atoms with E-state index in [-0.39, 0.29) is 17.9 Å². The molecule has 102 valence electrons. The summed E-state index contributed by atoms with van der Waals surface area (Å²) in [5, 5.41) is 2.65. The molecule has 1 N–H and O–H groups in total. The summed E-state index contributed by atoms with van der Waals surface area (Å²) in [6, 6.07) is 0.812. The van der Waals surface area contributed by atoms with Gasteiger partial charge < -0.3 is 10.1 Å². The van der Waals surface area contributed by atoms with Crippen LogP contribution in [-0.2, 0) is 6.18 Å². The molecule has 1 aromatic heterocycles. The minimum atomic E-state index is -4.51. The highest BCUT2D eigenvalue weighted by atomic mass is 19.4. The smallest absolute Gasteiger partial charge is 0.433 e. The minimum Gasteiger partial charge on any atom is -0.475 e. The maximum Gasteiger partial charge on any atom is 0.433 e. The molecule has 18 heavy (non-hydrogen) atoms. The molecule has 0 aliphatic heterocycles. The van der Waals surface area contributed by atoms with Crippen molar-refractivity contribution in [2.24, 2.45) is 0 Å². The van der Waals surface area contributed by atoms with Crippen LogP contribution in [0.1, 0.15) is 32.9 Å². The lowest BCUT2D eigenvalue weighted by Crippen LogP contribution is -2.16. The zero-order chi connectivity index (χ0) is 13.8. The first-order valence-corrected chi connectivity index (χ1v) is 5.73. The number of hydrogen-bond acceptors (Lipinski definition) is 4. The summed E-state index contributed by atoms with van der Waals surface area (Å²) in [7, 11) is 0. The SMILES string of the molecule is CCNc1nc(OC(C)CC)cc(C(F)(F)F)n1. The van der Waals surface area contributed by atoms with Gasteiger partial charge in [-0.05, 0) is 20.3 Å². The van der Waals surface area contributed by atoms with Crippen molar-refractivity contribution in [2.75, 3.05) is 11.9 Å². The number of nitrogens with zero attached hydrogens (tertiary/aromatic N) is 2. The van der Waals surface area contributed by atoms with Gasteiger partial charge in [0.25, 0.3) is 0 Å². The number of aromatic nitrogens is 2. The van der Waals surface area contributed by atoms with Crippen LogP contribution in [0.5, 0.6) is 5.88 Å². The Kier molecular flexibility index (Phi) is 4.75. The normalized spacial score (nSPS) is 13.2. The third kappa shape index (κ3) is 4.05. The molecule has 0 aliphatic carbocycles. The van der Waals surface area contributed by atoms with Crippen LogP contribution in [0.2, 0.25) is 0 Å². The third-order valence-corrected chi connectivity index (χ3v) is 2.22. The van der Waals surface area contributed by atoms with Crippen molar-refractivity contribution in [2.45, 2.75) is 39.5 Å². The molecule has 0 aliphatic rings. The largest absolute Gasteiger partial charge is 0.475 e. The van der Waals surface area contributed by atoms with Crippen molar-refractivity contribution in [1.82, 2.24) is 9.97 Å². The molecular formula is C11H16F3N3O. The van der Waals surface area contributed by atoms with Crippen molar-refractivity contribution >= 4 is 5.95 Å². The molecule has 0 saturated heterocycles. The summed E-state index contributed by atoms with van der Waals surface area (Å²) in [4.78, 5) is 7.28. The van der Waals surface area contributed by atoms with Crippen LogP contribution in [0.4, 0.5) is 19.1 Å². The van der Waals surface area contributed by atoms with E-state index in [0.29, 0.717) is 13.0 Å². The van der Waals surface area contributed by atoms with Crippen LogP contribution in [0.3, 0.4) is 0 Å². The average Bonchev–Trinajstić information content (AvgIpc) is 2.27. The molecule has 0 aromatic carbocycles. The molecule has 0 saturated carbocycles. The predicted octanol–water partition coefficient (Wildman–Crippen LogP) is 3.10. The number of ether oxygens (including phenoxy) is 1. The van der Waals surface area contributed by atoms with Crippen molar-refractivity contribution in [1.29, 1.82) is 0 Å². The standard InChI is InChI=1S/C11H16F3N3O/c1-4-7(3)18-9-6-8(11(12,13)14)16-10(17-9)15-5-2/h6-7H,4-5H2,1-3H3,(H,15,16,17). The molecule has 1 rings (SSSR count). The first-order chi connectivity index (χ1) is 8.36. The summed E-state index contributed by atoms with van der Waals surface area (Å²) in [6.45, 7) is 5.83. The molecule has 0 radical (unpaired) electrons. The molecule has 0 amide bonds. The van der Waals surface area contributed by atoms with Crippen molar-refractivity contribution in [3.05, 3.63) is 11.8 Å². The lowest BCUT2D eigenvalue weighted by Gasteiger charge is -2.14. The fourth-order valence-electron chi connectivity index (χ4n) is 1.16. The highest BCUT2D eigenvalue weighted by molar-refractivity contribution is 5.31. The first-order valence-electron chi connectivity index (χ1n) is 5.73. The zero-order valence-corrected chi connectivity index (χ0v) is 10.5. The van der Waals surface area contributed by atoms with Crippen LogP contribution < -0.4 is 10.1 Å². The van der Waals surface area contributed by atoms with Crippen LogP contribution >= 0.6 is 0 Å². The van der Waals surface area contributed by atoms with E-state index in [0.717, 1.165) is 6.07 Å². The molecule has 1 aromatic rings. The molecule has 0 bridgehead atoms. The van der Waals surface area contributed by atoms with Gasteiger partial charge >= 0.3 is 6.18 Å². The second-order valence-electron chi connectivity index (χ2n) is 3.78. The van der Waals surface area contributed by atoms with Crippen LogP contribution in [0.25, 0.3) is 0 Å². The highest BCUT2D eigenvalue weighted by Crippen LogP contribution is 2.30. The van der Waals surface area contributed by atoms with Gasteiger partial charge in [-0.1, -0.05) is 6.92 Å². The van der Waals surface area contributed by atoms with E-state index in [1.165, 1.54) is 0 Å². The Morgan fingerprint density at radius 2 is 2.00 bits per heavy atom. The Morgan fingerprint density at radius 1 is 1.33 bits per heavy atom. The van der Waals surface area contributed by atoms with E-state index in [9.17, 15) is 13.2 Å². The van der Waals surface area contributed by atoms with E-state index < -0.39 is 11.9 Å². The second kappa shape index (κ2) is 5.88. The lowest BCUT2D eigenvalue weighted by atomic mass is 10.3. The number of rotatable bonds is 5. The fraction of sp³-hybridized carbons (Fsp3) is 0.636. The summed E-state index contributed by atoms with van der Waals surface area (Å²) in [5.74, 6) is -0.145. The molecule has 1 atom stereocenters. The maximum atomic E-state index is 12.6. The van der Waals surface area contributed by atoms with Crippen molar-refractivity contribution in [3.63, 3.8) is 0 Å². The van der Waals surface area contributed by atoms with Crippen molar-refractivity contribution < 1.29 is 17.9 Å². The number of nitrogens with one attached hydrogen (secondary N) is 1. The van der Waals surface area contributed by atoms with Crippen LogP contribution in [-0.4, -0.2) is 22.6 Å².